The molecule has 0 amide bonds. The molecule has 0 heterocycles. The summed E-state index contributed by atoms with van der Waals surface area (Å²) in [6, 6.07) is 13.3. The van der Waals surface area contributed by atoms with Crippen LogP contribution in [0.5, 0.6) is 5.75 Å². The van der Waals surface area contributed by atoms with E-state index < -0.39 is 36.1 Å². The minimum absolute atomic E-state index is 0.0237. The Balaban J connectivity index is 1.78. The van der Waals surface area contributed by atoms with Crippen molar-refractivity contribution in [3.63, 3.8) is 0 Å². The van der Waals surface area contributed by atoms with Gasteiger partial charge >= 0.3 is 0 Å². The summed E-state index contributed by atoms with van der Waals surface area (Å²) >= 11 is 0. The molecule has 0 radical (unpaired) electrons. The second-order valence-electron chi connectivity index (χ2n) is 8.09. The van der Waals surface area contributed by atoms with Crippen molar-refractivity contribution in [2.24, 2.45) is 0 Å². The zero-order valence-corrected chi connectivity index (χ0v) is 19.5. The monoisotopic (exact) mass is 492 g/mol. The first-order valence-electron chi connectivity index (χ1n) is 11.3. The topological polar surface area (TPSA) is 9.23 Å². The number of aryl methyl sites for hydroxylation is 3. The van der Waals surface area contributed by atoms with Crippen LogP contribution in [-0.4, -0.2) is 13.3 Å². The van der Waals surface area contributed by atoms with Crippen LogP contribution in [0.3, 0.4) is 0 Å². The molecule has 3 rings (SSSR count). The molecule has 3 aromatic rings. The summed E-state index contributed by atoms with van der Waals surface area (Å²) in [7, 11) is 0. The Bertz CT molecular complexity index is 1170. The minimum atomic E-state index is -3.00. The Morgan fingerprint density at radius 1 is 0.829 bits per heavy atom. The number of hydrogen-bond acceptors (Lipinski definition) is 1. The Hall–Kier alpha value is -3.22. The van der Waals surface area contributed by atoms with Gasteiger partial charge in [-0.3, -0.25) is 4.39 Å². The first kappa shape index (κ1) is 26.4. The van der Waals surface area contributed by atoms with Crippen molar-refractivity contribution in [3.8, 4) is 5.75 Å². The summed E-state index contributed by atoms with van der Waals surface area (Å²) in [6.45, 7) is 2.89. The first-order valence-corrected chi connectivity index (χ1v) is 11.3. The van der Waals surface area contributed by atoms with Gasteiger partial charge in [-0.25, -0.2) is 22.0 Å². The van der Waals surface area contributed by atoms with E-state index in [0.29, 0.717) is 23.1 Å². The van der Waals surface area contributed by atoms with Gasteiger partial charge in [0.15, 0.2) is 23.2 Å². The predicted octanol–water partition coefficient (Wildman–Crippen LogP) is 8.53. The van der Waals surface area contributed by atoms with Gasteiger partial charge in [-0.05, 0) is 55.0 Å². The van der Waals surface area contributed by atoms with E-state index in [2.05, 4.69) is 0 Å². The SMILES string of the molecule is CCOc1cc(C)c(CCc2ccc(C(F)=C(F)c3ccc(CCF)cc3)cc2)c(C(F)F)c1F. The lowest BCUT2D eigenvalue weighted by molar-refractivity contribution is 0.143. The number of benzene rings is 3. The van der Waals surface area contributed by atoms with E-state index in [-0.39, 0.29) is 41.9 Å². The fourth-order valence-electron chi connectivity index (χ4n) is 3.91. The summed E-state index contributed by atoms with van der Waals surface area (Å²) in [6.07, 6.45) is -2.35. The maximum Gasteiger partial charge on any atom is 0.267 e. The van der Waals surface area contributed by atoms with Gasteiger partial charge in [0.05, 0.1) is 18.8 Å². The van der Waals surface area contributed by atoms with Crippen molar-refractivity contribution in [1.29, 1.82) is 0 Å². The summed E-state index contributed by atoms with van der Waals surface area (Å²) in [4.78, 5) is 0. The van der Waals surface area contributed by atoms with Crippen LogP contribution in [0.1, 0.15) is 52.3 Å². The molecular formula is C28H26F6O. The Labute approximate surface area is 201 Å². The lowest BCUT2D eigenvalue weighted by Crippen LogP contribution is -2.07. The fourth-order valence-corrected chi connectivity index (χ4v) is 3.91. The average molecular weight is 493 g/mol. The summed E-state index contributed by atoms with van der Waals surface area (Å²) in [5.74, 6) is -3.33. The summed E-state index contributed by atoms with van der Waals surface area (Å²) in [5.41, 5.74) is 1.49. The van der Waals surface area contributed by atoms with E-state index in [0.717, 1.165) is 0 Å². The largest absolute Gasteiger partial charge is 0.491 e. The first-order chi connectivity index (χ1) is 16.8. The maximum atomic E-state index is 14.7. The molecule has 0 saturated heterocycles. The normalized spacial score (nSPS) is 12.1. The second-order valence-corrected chi connectivity index (χ2v) is 8.09. The summed E-state index contributed by atoms with van der Waals surface area (Å²) in [5, 5.41) is 0. The molecular weight excluding hydrogens is 466 g/mol. The van der Waals surface area contributed by atoms with Crippen LogP contribution in [0.4, 0.5) is 26.3 Å². The standard InChI is InChI=1S/C28H26F6O/c1-3-35-23-16-17(2)22(24(27(23)32)28(33)34)13-8-18-4-9-20(10-5-18)25(30)26(31)21-11-6-19(7-12-21)14-15-29/h4-7,9-12,16,28H,3,8,13-15H2,1-2H3. The van der Waals surface area contributed by atoms with Crippen LogP contribution in [0.15, 0.2) is 54.6 Å². The van der Waals surface area contributed by atoms with Crippen molar-refractivity contribution in [2.45, 2.75) is 39.5 Å². The average Bonchev–Trinajstić information content (AvgIpc) is 2.85. The molecule has 1 nitrogen and oxygen atoms in total. The molecule has 0 aliphatic heterocycles. The van der Waals surface area contributed by atoms with E-state index >= 15 is 0 Å². The smallest absolute Gasteiger partial charge is 0.267 e. The Morgan fingerprint density at radius 2 is 1.34 bits per heavy atom. The number of alkyl halides is 3. The van der Waals surface area contributed by atoms with Crippen LogP contribution in [0, 0.1) is 12.7 Å². The van der Waals surface area contributed by atoms with Crippen LogP contribution < -0.4 is 4.74 Å². The van der Waals surface area contributed by atoms with E-state index in [4.69, 9.17) is 4.74 Å². The van der Waals surface area contributed by atoms with Gasteiger partial charge in [0.25, 0.3) is 6.43 Å². The molecule has 0 aromatic heterocycles. The van der Waals surface area contributed by atoms with Crippen molar-refractivity contribution >= 4 is 11.7 Å². The highest BCUT2D eigenvalue weighted by Crippen LogP contribution is 2.35. The minimum Gasteiger partial charge on any atom is -0.491 e. The molecule has 35 heavy (non-hydrogen) atoms. The Morgan fingerprint density at radius 3 is 1.80 bits per heavy atom. The molecule has 0 bridgehead atoms. The molecule has 0 atom stereocenters. The molecule has 0 saturated carbocycles. The van der Waals surface area contributed by atoms with Crippen LogP contribution in [-0.2, 0) is 19.3 Å². The molecule has 7 heteroatoms. The molecule has 0 fully saturated rings. The molecule has 0 unspecified atom stereocenters. The molecule has 0 N–H and O–H groups in total. The van der Waals surface area contributed by atoms with E-state index in [1.54, 1.807) is 38.1 Å². The van der Waals surface area contributed by atoms with Gasteiger partial charge in [-0.1, -0.05) is 48.5 Å². The van der Waals surface area contributed by atoms with Crippen molar-refractivity contribution in [1.82, 2.24) is 0 Å². The fraction of sp³-hybridized carbons (Fsp3) is 0.286. The third-order valence-corrected chi connectivity index (χ3v) is 5.77. The zero-order chi connectivity index (χ0) is 25.5. The lowest BCUT2D eigenvalue weighted by atomic mass is 9.94. The Kier molecular flexibility index (Phi) is 9.01. The highest BCUT2D eigenvalue weighted by atomic mass is 19.3. The van der Waals surface area contributed by atoms with Crippen LogP contribution >= 0.6 is 0 Å². The van der Waals surface area contributed by atoms with Crippen molar-refractivity contribution in [3.05, 3.63) is 99.4 Å². The van der Waals surface area contributed by atoms with Crippen molar-refractivity contribution in [2.75, 3.05) is 13.3 Å². The quantitative estimate of drug-likeness (QED) is 0.204. The van der Waals surface area contributed by atoms with Gasteiger partial charge in [-0.2, -0.15) is 0 Å². The highest BCUT2D eigenvalue weighted by molar-refractivity contribution is 5.83. The third-order valence-electron chi connectivity index (χ3n) is 5.77. The van der Waals surface area contributed by atoms with E-state index in [1.165, 1.54) is 30.3 Å². The lowest BCUT2D eigenvalue weighted by Gasteiger charge is -2.17. The number of ether oxygens (including phenoxy) is 1. The van der Waals surface area contributed by atoms with E-state index in [9.17, 15) is 26.3 Å². The zero-order valence-electron chi connectivity index (χ0n) is 19.5. The van der Waals surface area contributed by atoms with Gasteiger partial charge in [0.2, 0.25) is 0 Å². The van der Waals surface area contributed by atoms with Crippen molar-refractivity contribution < 1.29 is 31.1 Å². The highest BCUT2D eigenvalue weighted by Gasteiger charge is 2.24. The van der Waals surface area contributed by atoms with Gasteiger partial charge in [0.1, 0.15) is 0 Å². The molecule has 0 aliphatic carbocycles. The van der Waals surface area contributed by atoms with Gasteiger partial charge in [0, 0.05) is 17.5 Å². The molecule has 0 aliphatic rings. The number of rotatable bonds is 10. The van der Waals surface area contributed by atoms with Crippen LogP contribution in [0.2, 0.25) is 0 Å². The van der Waals surface area contributed by atoms with E-state index in [1.807, 2.05) is 0 Å². The van der Waals surface area contributed by atoms with Crippen LogP contribution in [0.25, 0.3) is 11.7 Å². The van der Waals surface area contributed by atoms with Gasteiger partial charge < -0.3 is 4.74 Å². The number of hydrogen-bond donors (Lipinski definition) is 0. The molecule has 186 valence electrons. The molecule has 3 aromatic carbocycles. The number of halogens is 6. The third kappa shape index (κ3) is 6.27. The van der Waals surface area contributed by atoms with Gasteiger partial charge in [-0.15, -0.1) is 0 Å². The summed E-state index contributed by atoms with van der Waals surface area (Å²) < 4.78 is 88.7. The predicted molar refractivity (Wildman–Crippen MR) is 126 cm³/mol. The molecule has 0 spiro atoms. The maximum absolute atomic E-state index is 14.7. The second kappa shape index (κ2) is 12.0.